The predicted molar refractivity (Wildman–Crippen MR) is 49.2 cm³/mol. The van der Waals surface area contributed by atoms with Crippen LogP contribution in [0, 0.1) is 17.8 Å². The van der Waals surface area contributed by atoms with E-state index in [0.717, 1.165) is 11.8 Å². The molecule has 1 aliphatic rings. The van der Waals surface area contributed by atoms with E-state index in [0.29, 0.717) is 12.0 Å². The maximum absolute atomic E-state index is 5.85. The van der Waals surface area contributed by atoms with Gasteiger partial charge in [-0.1, -0.05) is 26.0 Å². The molecule has 0 spiro atoms. The lowest BCUT2D eigenvalue weighted by atomic mass is 9.82. The third-order valence-corrected chi connectivity index (χ3v) is 3.03. The highest BCUT2D eigenvalue weighted by Gasteiger charge is 2.26. The molecule has 0 aromatic carbocycles. The Balaban J connectivity index is 2.48. The summed E-state index contributed by atoms with van der Waals surface area (Å²) in [6.07, 6.45) is 5.82. The molecule has 1 heteroatoms. The summed E-state index contributed by atoms with van der Waals surface area (Å²) in [5.74, 6) is 2.17. The van der Waals surface area contributed by atoms with Crippen molar-refractivity contribution in [2.75, 3.05) is 0 Å². The second-order valence-electron chi connectivity index (χ2n) is 3.91. The minimum atomic E-state index is 0.336. The minimum absolute atomic E-state index is 0.336. The Morgan fingerprint density at radius 2 is 2.09 bits per heavy atom. The lowest BCUT2D eigenvalue weighted by Gasteiger charge is -2.26. The fourth-order valence-corrected chi connectivity index (χ4v) is 1.89. The van der Waals surface area contributed by atoms with Crippen molar-refractivity contribution in [3.63, 3.8) is 0 Å². The Hall–Kier alpha value is -0.300. The van der Waals surface area contributed by atoms with Crippen LogP contribution in [0.15, 0.2) is 12.2 Å². The molecule has 2 N–H and O–H groups in total. The van der Waals surface area contributed by atoms with E-state index in [1.807, 2.05) is 0 Å². The van der Waals surface area contributed by atoms with E-state index >= 15 is 0 Å². The van der Waals surface area contributed by atoms with Crippen LogP contribution in [-0.2, 0) is 0 Å². The molecule has 0 radical (unpaired) electrons. The molecular formula is C10H19N. The van der Waals surface area contributed by atoms with Crippen molar-refractivity contribution in [3.8, 4) is 0 Å². The maximum Gasteiger partial charge on any atom is 0.00390 e. The summed E-state index contributed by atoms with van der Waals surface area (Å²) in [4.78, 5) is 0. The van der Waals surface area contributed by atoms with Crippen LogP contribution in [0.4, 0.5) is 0 Å². The van der Waals surface area contributed by atoms with Gasteiger partial charge in [0.2, 0.25) is 0 Å². The van der Waals surface area contributed by atoms with E-state index in [1.54, 1.807) is 0 Å². The van der Waals surface area contributed by atoms with E-state index in [-0.39, 0.29) is 0 Å². The van der Waals surface area contributed by atoms with Crippen LogP contribution in [-0.4, -0.2) is 6.04 Å². The average molecular weight is 153 g/mol. The summed E-state index contributed by atoms with van der Waals surface area (Å²) >= 11 is 0. The van der Waals surface area contributed by atoms with E-state index in [2.05, 4.69) is 32.9 Å². The number of nitrogens with two attached hydrogens (primary N) is 1. The fraction of sp³-hybridized carbons (Fsp3) is 0.800. The fourth-order valence-electron chi connectivity index (χ4n) is 1.89. The zero-order valence-electron chi connectivity index (χ0n) is 7.75. The van der Waals surface area contributed by atoms with Gasteiger partial charge in [-0.05, 0) is 31.1 Å². The largest absolute Gasteiger partial charge is 0.328 e. The smallest absolute Gasteiger partial charge is 0.00390 e. The lowest BCUT2D eigenvalue weighted by molar-refractivity contribution is 0.277. The zero-order chi connectivity index (χ0) is 8.43. The van der Waals surface area contributed by atoms with Gasteiger partial charge in [0, 0.05) is 6.04 Å². The van der Waals surface area contributed by atoms with Gasteiger partial charge in [0.15, 0.2) is 0 Å². The van der Waals surface area contributed by atoms with E-state index in [9.17, 15) is 0 Å². The summed E-state index contributed by atoms with van der Waals surface area (Å²) in [7, 11) is 0. The van der Waals surface area contributed by atoms with Gasteiger partial charge in [-0.3, -0.25) is 0 Å². The van der Waals surface area contributed by atoms with Gasteiger partial charge in [-0.2, -0.15) is 0 Å². The number of allylic oxidation sites excluding steroid dienone is 2. The number of hydrogen-bond donors (Lipinski definition) is 1. The molecule has 64 valence electrons. The summed E-state index contributed by atoms with van der Waals surface area (Å²) in [6, 6.07) is 0.336. The molecular weight excluding hydrogens is 134 g/mol. The second-order valence-corrected chi connectivity index (χ2v) is 3.91. The quantitative estimate of drug-likeness (QED) is 0.605. The normalized spacial score (nSPS) is 35.6. The van der Waals surface area contributed by atoms with Crippen LogP contribution in [0.25, 0.3) is 0 Å². The van der Waals surface area contributed by atoms with Crippen LogP contribution in [0.2, 0.25) is 0 Å². The minimum Gasteiger partial charge on any atom is -0.328 e. The number of hydrogen-bond acceptors (Lipinski definition) is 1. The summed E-state index contributed by atoms with van der Waals surface area (Å²) in [5.41, 5.74) is 5.85. The first-order chi connectivity index (χ1) is 5.13. The second kappa shape index (κ2) is 3.40. The molecule has 0 aromatic rings. The monoisotopic (exact) mass is 153 g/mol. The molecule has 0 amide bonds. The third kappa shape index (κ3) is 1.84. The molecule has 0 bridgehead atoms. The van der Waals surface area contributed by atoms with Crippen LogP contribution in [0.5, 0.6) is 0 Å². The van der Waals surface area contributed by atoms with Crippen LogP contribution in [0.3, 0.4) is 0 Å². The van der Waals surface area contributed by atoms with Crippen LogP contribution < -0.4 is 5.73 Å². The highest BCUT2D eigenvalue weighted by Crippen LogP contribution is 2.32. The van der Waals surface area contributed by atoms with E-state index in [4.69, 9.17) is 5.73 Å². The molecule has 0 aliphatic heterocycles. The van der Waals surface area contributed by atoms with Crippen LogP contribution >= 0.6 is 0 Å². The summed E-state index contributed by atoms with van der Waals surface area (Å²) < 4.78 is 0. The Labute approximate surface area is 69.7 Å². The first-order valence-electron chi connectivity index (χ1n) is 4.55. The topological polar surface area (TPSA) is 26.0 Å². The summed E-state index contributed by atoms with van der Waals surface area (Å²) in [6.45, 7) is 6.65. The van der Waals surface area contributed by atoms with Gasteiger partial charge in [-0.15, -0.1) is 0 Å². The standard InChI is InChI=1S/C10H19N/c1-7-5-4-6-10(7)8(2)9(3)11/h4-5,7-10H,6,11H2,1-3H3. The van der Waals surface area contributed by atoms with E-state index in [1.165, 1.54) is 6.42 Å². The maximum atomic E-state index is 5.85. The van der Waals surface area contributed by atoms with Gasteiger partial charge in [0.25, 0.3) is 0 Å². The van der Waals surface area contributed by atoms with Crippen molar-refractivity contribution in [3.05, 3.63) is 12.2 Å². The molecule has 1 rings (SSSR count). The first kappa shape index (κ1) is 8.79. The Morgan fingerprint density at radius 1 is 1.45 bits per heavy atom. The van der Waals surface area contributed by atoms with Crippen molar-refractivity contribution in [1.82, 2.24) is 0 Å². The van der Waals surface area contributed by atoms with Gasteiger partial charge >= 0.3 is 0 Å². The SMILES string of the molecule is CC(N)C(C)C1CC=CC1C. The third-order valence-electron chi connectivity index (χ3n) is 3.03. The Morgan fingerprint density at radius 3 is 2.45 bits per heavy atom. The highest BCUT2D eigenvalue weighted by molar-refractivity contribution is 5.01. The van der Waals surface area contributed by atoms with Crippen molar-refractivity contribution in [1.29, 1.82) is 0 Å². The molecule has 0 fully saturated rings. The first-order valence-corrected chi connectivity index (χ1v) is 4.55. The Bertz CT molecular complexity index is 149. The zero-order valence-corrected chi connectivity index (χ0v) is 7.75. The van der Waals surface area contributed by atoms with Gasteiger partial charge in [0.1, 0.15) is 0 Å². The molecule has 0 aromatic heterocycles. The van der Waals surface area contributed by atoms with Crippen molar-refractivity contribution < 1.29 is 0 Å². The summed E-state index contributed by atoms with van der Waals surface area (Å²) in [5, 5.41) is 0. The molecule has 0 saturated carbocycles. The highest BCUT2D eigenvalue weighted by atomic mass is 14.6. The van der Waals surface area contributed by atoms with Crippen molar-refractivity contribution >= 4 is 0 Å². The molecule has 0 saturated heterocycles. The Kier molecular flexibility index (Phi) is 2.72. The molecule has 4 atom stereocenters. The molecule has 0 heterocycles. The molecule has 11 heavy (non-hydrogen) atoms. The van der Waals surface area contributed by atoms with E-state index < -0.39 is 0 Å². The molecule has 1 nitrogen and oxygen atoms in total. The molecule has 1 aliphatic carbocycles. The van der Waals surface area contributed by atoms with Crippen molar-refractivity contribution in [2.24, 2.45) is 23.5 Å². The van der Waals surface area contributed by atoms with Gasteiger partial charge < -0.3 is 5.73 Å². The van der Waals surface area contributed by atoms with Gasteiger partial charge in [-0.25, -0.2) is 0 Å². The average Bonchev–Trinajstić information content (AvgIpc) is 2.33. The predicted octanol–water partition coefficient (Wildman–Crippen LogP) is 2.18. The van der Waals surface area contributed by atoms with Crippen LogP contribution in [0.1, 0.15) is 27.2 Å². The molecule has 4 unspecified atom stereocenters. The number of rotatable bonds is 2. The van der Waals surface area contributed by atoms with Gasteiger partial charge in [0.05, 0.1) is 0 Å². The van der Waals surface area contributed by atoms with Crippen molar-refractivity contribution in [2.45, 2.75) is 33.2 Å². The lowest BCUT2D eigenvalue weighted by Crippen LogP contribution is -2.31.